The summed E-state index contributed by atoms with van der Waals surface area (Å²) in [5.74, 6) is 2.42. The van der Waals surface area contributed by atoms with Gasteiger partial charge in [0.2, 0.25) is 5.95 Å². The Labute approximate surface area is 190 Å². The fourth-order valence-electron chi connectivity index (χ4n) is 4.17. The standard InChI is InChI=1S/C24H21N9/c1-2-6-19(7-3-1)33-24(28-29-30-33)32-16-14-31(15-17-32)23-20-8-4-5-9-21(20)26-22(27-23)18-10-12-25-13-11-18/h1-13H,14-17H2. The number of rotatable bonds is 4. The van der Waals surface area contributed by atoms with E-state index in [1.165, 1.54) is 0 Å². The molecule has 162 valence electrons. The number of benzene rings is 2. The summed E-state index contributed by atoms with van der Waals surface area (Å²) in [5, 5.41) is 13.5. The van der Waals surface area contributed by atoms with Gasteiger partial charge in [0.15, 0.2) is 5.82 Å². The third-order valence-corrected chi connectivity index (χ3v) is 5.84. The van der Waals surface area contributed by atoms with Crippen LogP contribution in [-0.2, 0) is 0 Å². The number of fused-ring (bicyclic) bond motifs is 1. The number of hydrogen-bond acceptors (Lipinski definition) is 8. The fourth-order valence-corrected chi connectivity index (χ4v) is 4.17. The Hall–Kier alpha value is -4.40. The Morgan fingerprint density at radius 2 is 1.42 bits per heavy atom. The number of piperazine rings is 1. The van der Waals surface area contributed by atoms with Gasteiger partial charge in [0, 0.05) is 49.5 Å². The summed E-state index contributed by atoms with van der Waals surface area (Å²) in [7, 11) is 0. The van der Waals surface area contributed by atoms with Gasteiger partial charge in [-0.15, -0.1) is 0 Å². The molecule has 0 radical (unpaired) electrons. The summed E-state index contributed by atoms with van der Waals surface area (Å²) in [6, 6.07) is 22.0. The van der Waals surface area contributed by atoms with Gasteiger partial charge in [0.05, 0.1) is 11.2 Å². The Morgan fingerprint density at radius 1 is 0.697 bits per heavy atom. The van der Waals surface area contributed by atoms with Crippen LogP contribution in [0.5, 0.6) is 0 Å². The SMILES string of the molecule is c1ccc(-n2nnnc2N2CCN(c3nc(-c4ccncc4)nc4ccccc34)CC2)cc1. The summed E-state index contributed by atoms with van der Waals surface area (Å²) in [6.45, 7) is 3.18. The van der Waals surface area contributed by atoms with E-state index < -0.39 is 0 Å². The van der Waals surface area contributed by atoms with E-state index in [4.69, 9.17) is 9.97 Å². The van der Waals surface area contributed by atoms with Crippen LogP contribution in [0.1, 0.15) is 0 Å². The minimum atomic E-state index is 0.710. The first-order valence-corrected chi connectivity index (χ1v) is 10.9. The lowest BCUT2D eigenvalue weighted by atomic mass is 10.2. The molecule has 6 rings (SSSR count). The van der Waals surface area contributed by atoms with Crippen LogP contribution in [0.4, 0.5) is 11.8 Å². The van der Waals surface area contributed by atoms with Crippen molar-refractivity contribution in [2.24, 2.45) is 0 Å². The molecule has 0 N–H and O–H groups in total. The molecule has 3 aromatic heterocycles. The van der Waals surface area contributed by atoms with Crippen LogP contribution in [0, 0.1) is 0 Å². The molecule has 9 heteroatoms. The zero-order valence-electron chi connectivity index (χ0n) is 17.9. The number of tetrazole rings is 1. The molecule has 1 aliphatic heterocycles. The number of pyridine rings is 1. The van der Waals surface area contributed by atoms with E-state index in [2.05, 4.69) is 36.4 Å². The molecule has 0 spiro atoms. The van der Waals surface area contributed by atoms with Gasteiger partial charge in [-0.05, 0) is 46.8 Å². The van der Waals surface area contributed by atoms with Crippen LogP contribution < -0.4 is 9.80 Å². The molecule has 0 aliphatic carbocycles. The zero-order valence-corrected chi connectivity index (χ0v) is 17.9. The summed E-state index contributed by atoms with van der Waals surface area (Å²) in [5.41, 5.74) is 2.84. The predicted molar refractivity (Wildman–Crippen MR) is 126 cm³/mol. The summed E-state index contributed by atoms with van der Waals surface area (Å²) < 4.78 is 1.79. The topological polar surface area (TPSA) is 88.8 Å². The molecule has 2 aromatic carbocycles. The Kier molecular flexibility index (Phi) is 4.83. The van der Waals surface area contributed by atoms with Crippen LogP contribution in [-0.4, -0.2) is 61.3 Å². The second-order valence-electron chi connectivity index (χ2n) is 7.82. The maximum absolute atomic E-state index is 4.97. The molecule has 0 amide bonds. The van der Waals surface area contributed by atoms with Crippen molar-refractivity contribution in [2.75, 3.05) is 36.0 Å². The molecule has 0 atom stereocenters. The molecule has 9 nitrogen and oxygen atoms in total. The average molecular weight is 435 g/mol. The van der Waals surface area contributed by atoms with Crippen LogP contribution in [0.15, 0.2) is 79.1 Å². The van der Waals surface area contributed by atoms with Crippen molar-refractivity contribution in [3.8, 4) is 17.1 Å². The van der Waals surface area contributed by atoms with Crippen LogP contribution in [0.3, 0.4) is 0 Å². The van der Waals surface area contributed by atoms with Gasteiger partial charge in [0.25, 0.3) is 0 Å². The van der Waals surface area contributed by atoms with Crippen molar-refractivity contribution >= 4 is 22.7 Å². The maximum atomic E-state index is 4.97. The van der Waals surface area contributed by atoms with Gasteiger partial charge in [-0.25, -0.2) is 9.97 Å². The highest BCUT2D eigenvalue weighted by atomic mass is 15.6. The van der Waals surface area contributed by atoms with Crippen LogP contribution in [0.2, 0.25) is 0 Å². The molecule has 1 fully saturated rings. The third kappa shape index (κ3) is 3.63. The van der Waals surface area contributed by atoms with E-state index in [0.29, 0.717) is 5.82 Å². The van der Waals surface area contributed by atoms with Crippen LogP contribution in [0.25, 0.3) is 28.0 Å². The van der Waals surface area contributed by atoms with E-state index in [9.17, 15) is 0 Å². The predicted octanol–water partition coefficient (Wildman–Crippen LogP) is 2.99. The van der Waals surface area contributed by atoms with E-state index in [-0.39, 0.29) is 0 Å². The number of nitrogens with zero attached hydrogens (tertiary/aromatic N) is 9. The lowest BCUT2D eigenvalue weighted by Gasteiger charge is -2.36. The first-order valence-electron chi connectivity index (χ1n) is 10.9. The molecular formula is C24H21N9. The first-order chi connectivity index (χ1) is 16.4. The lowest BCUT2D eigenvalue weighted by molar-refractivity contribution is 0.628. The Morgan fingerprint density at radius 3 is 2.24 bits per heavy atom. The van der Waals surface area contributed by atoms with Gasteiger partial charge < -0.3 is 9.80 Å². The van der Waals surface area contributed by atoms with Crippen molar-refractivity contribution in [3.05, 3.63) is 79.1 Å². The molecule has 5 aromatic rings. The van der Waals surface area contributed by atoms with Crippen molar-refractivity contribution < 1.29 is 0 Å². The number of aromatic nitrogens is 7. The normalized spacial score (nSPS) is 14.1. The summed E-state index contributed by atoms with van der Waals surface area (Å²) in [6.07, 6.45) is 3.53. The second kappa shape index (κ2) is 8.27. The average Bonchev–Trinajstić information content (AvgIpc) is 3.39. The molecule has 4 heterocycles. The number of hydrogen-bond donors (Lipinski definition) is 0. The first kappa shape index (κ1) is 19.3. The smallest absolute Gasteiger partial charge is 0.250 e. The summed E-state index contributed by atoms with van der Waals surface area (Å²) >= 11 is 0. The van der Waals surface area contributed by atoms with Gasteiger partial charge in [-0.1, -0.05) is 35.4 Å². The van der Waals surface area contributed by atoms with E-state index in [1.807, 2.05) is 60.7 Å². The van der Waals surface area contributed by atoms with E-state index in [1.54, 1.807) is 17.1 Å². The molecule has 1 aliphatic rings. The highest BCUT2D eigenvalue weighted by Crippen LogP contribution is 2.28. The molecule has 0 saturated carbocycles. The highest BCUT2D eigenvalue weighted by molar-refractivity contribution is 5.91. The van der Waals surface area contributed by atoms with Crippen molar-refractivity contribution in [2.45, 2.75) is 0 Å². The third-order valence-electron chi connectivity index (χ3n) is 5.84. The largest absolute Gasteiger partial charge is 0.352 e. The number of anilines is 2. The monoisotopic (exact) mass is 435 g/mol. The lowest BCUT2D eigenvalue weighted by Crippen LogP contribution is -2.47. The molecule has 0 unspecified atom stereocenters. The van der Waals surface area contributed by atoms with Crippen LogP contribution >= 0.6 is 0 Å². The van der Waals surface area contributed by atoms with Gasteiger partial charge in [-0.3, -0.25) is 4.98 Å². The molecule has 1 saturated heterocycles. The molecular weight excluding hydrogens is 414 g/mol. The highest BCUT2D eigenvalue weighted by Gasteiger charge is 2.24. The van der Waals surface area contributed by atoms with E-state index in [0.717, 1.165) is 60.1 Å². The van der Waals surface area contributed by atoms with Crippen molar-refractivity contribution in [1.82, 2.24) is 35.2 Å². The Balaban J connectivity index is 1.30. The van der Waals surface area contributed by atoms with E-state index >= 15 is 0 Å². The second-order valence-corrected chi connectivity index (χ2v) is 7.82. The zero-order chi connectivity index (χ0) is 22.0. The summed E-state index contributed by atoms with van der Waals surface area (Å²) in [4.78, 5) is 18.4. The minimum Gasteiger partial charge on any atom is -0.352 e. The molecule has 33 heavy (non-hydrogen) atoms. The van der Waals surface area contributed by atoms with Crippen molar-refractivity contribution in [1.29, 1.82) is 0 Å². The van der Waals surface area contributed by atoms with Crippen molar-refractivity contribution in [3.63, 3.8) is 0 Å². The fraction of sp³-hybridized carbons (Fsp3) is 0.167. The quantitative estimate of drug-likeness (QED) is 0.426. The minimum absolute atomic E-state index is 0.710. The maximum Gasteiger partial charge on any atom is 0.250 e. The molecule has 0 bridgehead atoms. The van der Waals surface area contributed by atoms with Gasteiger partial charge in [-0.2, -0.15) is 4.68 Å². The Bertz CT molecular complexity index is 1380. The van der Waals surface area contributed by atoms with Gasteiger partial charge >= 0.3 is 0 Å². The van der Waals surface area contributed by atoms with Gasteiger partial charge in [0.1, 0.15) is 5.82 Å². The number of para-hydroxylation sites is 2.